The Balaban J connectivity index is -0.0000000732. The van der Waals surface area contributed by atoms with Gasteiger partial charge in [-0.05, 0) is 81.4 Å². The summed E-state index contributed by atoms with van der Waals surface area (Å²) in [4.78, 5) is 56.9. The van der Waals surface area contributed by atoms with Gasteiger partial charge in [-0.2, -0.15) is 0 Å². The molecular weight excluding hydrogens is 708 g/mol. The largest absolute Gasteiger partial charge is 0.545 e. The summed E-state index contributed by atoms with van der Waals surface area (Å²) in [5, 5.41) is 108. The number of carboxylic acid groups (broad SMARTS) is 6. The van der Waals surface area contributed by atoms with Gasteiger partial charge in [0.15, 0.2) is 0 Å². The number of aliphatic carboxylic acids is 6. The lowest BCUT2D eigenvalue weighted by molar-refractivity contribution is -0.300. The number of carbonyl (C=O) groups is 6. The molecule has 0 aliphatic rings. The first-order valence-corrected chi connectivity index (χ1v) is 14.7. The van der Waals surface area contributed by atoms with Gasteiger partial charge in [0.1, 0.15) is 0 Å². The molecule has 0 aromatic heterocycles. The molecule has 0 saturated carbocycles. The Morgan fingerprint density at radius 1 is 0.396 bits per heavy atom. The van der Waals surface area contributed by atoms with Crippen LogP contribution in [0.3, 0.4) is 0 Å². The van der Waals surface area contributed by atoms with Gasteiger partial charge >= 0.3 is 0 Å². The van der Waals surface area contributed by atoms with Gasteiger partial charge in [-0.25, -0.2) is 0 Å². The van der Waals surface area contributed by atoms with E-state index in [2.05, 4.69) is 39.5 Å². The standard InChI is InChI=1S/C6H14O3.C5H12O3.6C4H6O2/c1-2-6(3-7,4-8)5-9;1-5(2-6,3-7)4-8;6*1-3(2)4(5)6/h7-9H,2-5H2,1H3;6-8H,2-4H2,1H3;6*1H2,2H3,(H,5,6)/p-6. The molecule has 18 nitrogen and oxygen atoms in total. The lowest BCUT2D eigenvalue weighted by Crippen LogP contribution is -2.32. The van der Waals surface area contributed by atoms with E-state index in [4.69, 9.17) is 30.6 Å². The van der Waals surface area contributed by atoms with Crippen LogP contribution in [0.25, 0.3) is 0 Å². The minimum atomic E-state index is -1.19. The molecular formula is C35H56O18-6. The number of carbonyl (C=O) groups excluding carboxylic acids is 6. The van der Waals surface area contributed by atoms with Crippen molar-refractivity contribution in [3.05, 3.63) is 72.9 Å². The number of aliphatic hydroxyl groups excluding tert-OH is 6. The second-order valence-electron chi connectivity index (χ2n) is 11.0. The van der Waals surface area contributed by atoms with Crippen LogP contribution in [-0.4, -0.2) is 106 Å². The lowest BCUT2D eigenvalue weighted by Gasteiger charge is -2.24. The Kier molecular flexibility index (Phi) is 49.8. The van der Waals surface area contributed by atoms with Crippen LogP contribution in [-0.2, 0) is 28.8 Å². The van der Waals surface area contributed by atoms with Crippen LogP contribution < -0.4 is 30.6 Å². The van der Waals surface area contributed by atoms with E-state index >= 15 is 0 Å². The smallest absolute Gasteiger partial charge is 0.0666 e. The minimum absolute atomic E-state index is 0.0648. The number of aliphatic hydroxyl groups is 6. The second-order valence-corrected chi connectivity index (χ2v) is 11.0. The number of hydrogen-bond donors (Lipinski definition) is 6. The van der Waals surface area contributed by atoms with Crippen molar-refractivity contribution in [1.82, 2.24) is 0 Å². The molecule has 18 heteroatoms. The fourth-order valence-electron chi connectivity index (χ4n) is 0.635. The summed E-state index contributed by atoms with van der Waals surface area (Å²) in [6.07, 6.45) is 0.594. The highest BCUT2D eigenvalue weighted by molar-refractivity contribution is 5.84. The Bertz CT molecular complexity index is 890. The molecule has 0 fully saturated rings. The Morgan fingerprint density at radius 3 is 0.509 bits per heavy atom. The van der Waals surface area contributed by atoms with E-state index < -0.39 is 46.6 Å². The second kappa shape index (κ2) is 39.8. The van der Waals surface area contributed by atoms with Crippen molar-refractivity contribution >= 4 is 35.8 Å². The molecule has 0 aliphatic heterocycles. The highest BCUT2D eigenvalue weighted by Gasteiger charge is 2.25. The normalized spacial score (nSPS) is 8.94. The zero-order chi connectivity index (χ0) is 44.9. The van der Waals surface area contributed by atoms with Crippen molar-refractivity contribution in [2.45, 2.75) is 61.8 Å². The Hall–Kier alpha value is -4.98. The third-order valence-electron chi connectivity index (χ3n) is 4.99. The average Bonchev–Trinajstić information content (AvgIpc) is 3.07. The van der Waals surface area contributed by atoms with Gasteiger partial charge in [0.05, 0.1) is 75.5 Å². The van der Waals surface area contributed by atoms with E-state index in [0.717, 1.165) is 0 Å². The summed E-state index contributed by atoms with van der Waals surface area (Å²) >= 11 is 0. The zero-order valence-electron chi connectivity index (χ0n) is 31.8. The van der Waals surface area contributed by atoms with Gasteiger partial charge in [-0.15, -0.1) is 0 Å². The summed E-state index contributed by atoms with van der Waals surface area (Å²) in [6, 6.07) is 0. The third-order valence-corrected chi connectivity index (χ3v) is 4.99. The van der Waals surface area contributed by atoms with Crippen molar-refractivity contribution in [3.63, 3.8) is 0 Å². The summed E-state index contributed by atoms with van der Waals surface area (Å²) in [5.74, 6) is -7.11. The summed E-state index contributed by atoms with van der Waals surface area (Å²) < 4.78 is 0. The van der Waals surface area contributed by atoms with E-state index in [-0.39, 0.29) is 73.1 Å². The van der Waals surface area contributed by atoms with Crippen LogP contribution >= 0.6 is 0 Å². The molecule has 0 atom stereocenters. The maximum Gasteiger partial charge on any atom is 0.0666 e. The van der Waals surface area contributed by atoms with Gasteiger partial charge < -0.3 is 90.0 Å². The number of rotatable bonds is 13. The highest BCUT2D eigenvalue weighted by Crippen LogP contribution is 2.18. The van der Waals surface area contributed by atoms with E-state index in [0.29, 0.717) is 6.42 Å². The van der Waals surface area contributed by atoms with Crippen molar-refractivity contribution < 1.29 is 90.0 Å². The minimum Gasteiger partial charge on any atom is -0.545 e. The van der Waals surface area contributed by atoms with Gasteiger partial charge in [0.25, 0.3) is 0 Å². The molecule has 0 bridgehead atoms. The maximum absolute atomic E-state index is 9.49. The molecule has 310 valence electrons. The predicted octanol–water partition coefficient (Wildman–Crippen LogP) is -5.80. The van der Waals surface area contributed by atoms with Crippen LogP contribution in [0.15, 0.2) is 72.9 Å². The van der Waals surface area contributed by atoms with Crippen molar-refractivity contribution in [3.8, 4) is 0 Å². The van der Waals surface area contributed by atoms with E-state index in [1.165, 1.54) is 41.5 Å². The molecule has 0 heterocycles. The first-order valence-electron chi connectivity index (χ1n) is 14.7. The van der Waals surface area contributed by atoms with Crippen LogP contribution in [0.2, 0.25) is 0 Å². The average molecular weight is 765 g/mol. The molecule has 0 aromatic carbocycles. The molecule has 0 aromatic rings. The lowest BCUT2D eigenvalue weighted by atomic mass is 9.88. The van der Waals surface area contributed by atoms with Gasteiger partial charge in [-0.3, -0.25) is 0 Å². The molecule has 0 amide bonds. The SMILES string of the molecule is C=C(C)C(=O)[O-].C=C(C)C(=O)[O-].C=C(C)C(=O)[O-].C=C(C)C(=O)[O-].C=C(C)C(=O)[O-].C=C(C)C(=O)[O-].CC(CO)(CO)CO.CCC(CO)(CO)CO. The molecule has 0 aliphatic carbocycles. The highest BCUT2D eigenvalue weighted by atomic mass is 16.4. The number of hydrogen-bond acceptors (Lipinski definition) is 18. The summed E-state index contributed by atoms with van der Waals surface area (Å²) in [5.41, 5.74) is -0.986. The van der Waals surface area contributed by atoms with E-state index in [1.54, 1.807) is 6.92 Å². The molecule has 6 N–H and O–H groups in total. The zero-order valence-corrected chi connectivity index (χ0v) is 31.8. The quantitative estimate of drug-likeness (QED) is 0.0951. The first-order chi connectivity index (χ1) is 23.8. The van der Waals surface area contributed by atoms with Gasteiger partial charge in [0, 0.05) is 10.8 Å². The van der Waals surface area contributed by atoms with E-state index in [1.807, 2.05) is 6.92 Å². The maximum atomic E-state index is 9.49. The fourth-order valence-corrected chi connectivity index (χ4v) is 0.635. The molecule has 0 spiro atoms. The van der Waals surface area contributed by atoms with Crippen molar-refractivity contribution in [2.75, 3.05) is 39.6 Å². The van der Waals surface area contributed by atoms with Crippen LogP contribution in [0.5, 0.6) is 0 Å². The number of carboxylic acids is 6. The van der Waals surface area contributed by atoms with Crippen molar-refractivity contribution in [1.29, 1.82) is 0 Å². The van der Waals surface area contributed by atoms with Crippen LogP contribution in [0.4, 0.5) is 0 Å². The molecule has 0 unspecified atom stereocenters. The summed E-state index contributed by atoms with van der Waals surface area (Å²) in [6.45, 7) is 29.3. The topological polar surface area (TPSA) is 362 Å². The third kappa shape index (κ3) is 59.5. The molecule has 0 radical (unpaired) electrons. The van der Waals surface area contributed by atoms with Crippen LogP contribution in [0.1, 0.15) is 61.8 Å². The van der Waals surface area contributed by atoms with Crippen molar-refractivity contribution in [2.24, 2.45) is 10.8 Å². The molecule has 0 saturated heterocycles. The van der Waals surface area contributed by atoms with Crippen LogP contribution in [0, 0.1) is 10.8 Å². The first kappa shape index (κ1) is 66.3. The monoisotopic (exact) mass is 764 g/mol. The van der Waals surface area contributed by atoms with Gasteiger partial charge in [0.2, 0.25) is 0 Å². The summed E-state index contributed by atoms with van der Waals surface area (Å²) in [7, 11) is 0. The van der Waals surface area contributed by atoms with E-state index in [9.17, 15) is 59.4 Å². The predicted molar refractivity (Wildman–Crippen MR) is 182 cm³/mol. The molecule has 53 heavy (non-hydrogen) atoms. The Morgan fingerprint density at radius 2 is 0.509 bits per heavy atom. The fraction of sp³-hybridized carbons (Fsp3) is 0.486. The van der Waals surface area contributed by atoms with Gasteiger partial charge in [-0.1, -0.05) is 53.3 Å². The molecule has 0 rings (SSSR count). The Labute approximate surface area is 311 Å².